The molecule has 0 aromatic carbocycles. The summed E-state index contributed by atoms with van der Waals surface area (Å²) in [5, 5.41) is 3.03. The fraction of sp³-hybridized carbons (Fsp3) is 0.571. The molecule has 1 atom stereocenters. The van der Waals surface area contributed by atoms with Crippen LogP contribution in [-0.2, 0) is 4.79 Å². The molecular formula is C7H12N2O. The molecule has 1 aliphatic heterocycles. The molecule has 1 amide bonds. The van der Waals surface area contributed by atoms with E-state index in [1.165, 1.54) is 0 Å². The second-order valence-corrected chi connectivity index (χ2v) is 2.39. The van der Waals surface area contributed by atoms with Crippen molar-refractivity contribution in [2.45, 2.75) is 13.1 Å². The lowest BCUT2D eigenvalue weighted by Gasteiger charge is -2.18. The third kappa shape index (κ3) is 1.19. The molecule has 3 heteroatoms. The number of nitrogens with one attached hydrogen (secondary N) is 1. The van der Waals surface area contributed by atoms with E-state index in [2.05, 4.69) is 11.9 Å². The fourth-order valence-corrected chi connectivity index (χ4v) is 1.06. The molecule has 1 rings (SSSR count). The standard InChI is InChI=1S/C7H12N2O/c1-3-4-9-6(2)8-5-7(9)10/h3,6,8H,1,4-5H2,2H3. The van der Waals surface area contributed by atoms with Gasteiger partial charge in [0.05, 0.1) is 12.7 Å². The van der Waals surface area contributed by atoms with Crippen LogP contribution in [0.2, 0.25) is 0 Å². The zero-order chi connectivity index (χ0) is 7.56. The number of rotatable bonds is 2. The first-order valence-electron chi connectivity index (χ1n) is 3.39. The lowest BCUT2D eigenvalue weighted by molar-refractivity contribution is -0.127. The van der Waals surface area contributed by atoms with Crippen LogP contribution < -0.4 is 5.32 Å². The average Bonchev–Trinajstić information content (AvgIpc) is 2.20. The molecule has 1 aliphatic rings. The van der Waals surface area contributed by atoms with Gasteiger partial charge in [-0.2, -0.15) is 0 Å². The monoisotopic (exact) mass is 140 g/mol. The van der Waals surface area contributed by atoms with Crippen LogP contribution in [0.3, 0.4) is 0 Å². The fourth-order valence-electron chi connectivity index (χ4n) is 1.06. The molecule has 0 aromatic heterocycles. The van der Waals surface area contributed by atoms with Crippen molar-refractivity contribution in [2.75, 3.05) is 13.1 Å². The summed E-state index contributed by atoms with van der Waals surface area (Å²) in [7, 11) is 0. The largest absolute Gasteiger partial charge is 0.323 e. The van der Waals surface area contributed by atoms with Crippen LogP contribution in [0, 0.1) is 0 Å². The van der Waals surface area contributed by atoms with E-state index in [0.29, 0.717) is 13.1 Å². The normalized spacial score (nSPS) is 25.5. The lowest BCUT2D eigenvalue weighted by atomic mass is 10.4. The van der Waals surface area contributed by atoms with Gasteiger partial charge in [-0.15, -0.1) is 6.58 Å². The first-order chi connectivity index (χ1) is 4.75. The van der Waals surface area contributed by atoms with Crippen LogP contribution in [-0.4, -0.2) is 30.1 Å². The molecule has 10 heavy (non-hydrogen) atoms. The van der Waals surface area contributed by atoms with Crippen LogP contribution in [0.4, 0.5) is 0 Å². The Bertz CT molecular complexity index is 156. The highest BCUT2D eigenvalue weighted by Gasteiger charge is 2.24. The summed E-state index contributed by atoms with van der Waals surface area (Å²) in [5.41, 5.74) is 0. The lowest BCUT2D eigenvalue weighted by Crippen LogP contribution is -2.34. The van der Waals surface area contributed by atoms with Crippen LogP contribution in [0.1, 0.15) is 6.92 Å². The molecule has 0 aromatic rings. The summed E-state index contributed by atoms with van der Waals surface area (Å²) < 4.78 is 0. The van der Waals surface area contributed by atoms with E-state index in [4.69, 9.17) is 0 Å². The highest BCUT2D eigenvalue weighted by Crippen LogP contribution is 2.02. The van der Waals surface area contributed by atoms with Crippen LogP contribution in [0.5, 0.6) is 0 Å². The number of nitrogens with zero attached hydrogens (tertiary/aromatic N) is 1. The SMILES string of the molecule is C=CCN1C(=O)CNC1C. The summed E-state index contributed by atoms with van der Waals surface area (Å²) in [6.07, 6.45) is 1.91. The highest BCUT2D eigenvalue weighted by atomic mass is 16.2. The van der Waals surface area contributed by atoms with Gasteiger partial charge in [-0.3, -0.25) is 10.1 Å². The van der Waals surface area contributed by atoms with Crippen LogP contribution in [0.25, 0.3) is 0 Å². The number of hydrogen-bond acceptors (Lipinski definition) is 2. The predicted octanol–water partition coefficient (Wildman–Crippen LogP) is -0.0498. The van der Waals surface area contributed by atoms with Crippen LogP contribution >= 0.6 is 0 Å². The topological polar surface area (TPSA) is 32.3 Å². The molecule has 0 aliphatic carbocycles. The zero-order valence-electron chi connectivity index (χ0n) is 6.13. The minimum Gasteiger partial charge on any atom is -0.323 e. The maximum absolute atomic E-state index is 11.0. The van der Waals surface area contributed by atoms with Crippen molar-refractivity contribution in [3.63, 3.8) is 0 Å². The Hall–Kier alpha value is -0.830. The van der Waals surface area contributed by atoms with Gasteiger partial charge in [-0.1, -0.05) is 6.08 Å². The van der Waals surface area contributed by atoms with Gasteiger partial charge in [0, 0.05) is 6.54 Å². The van der Waals surface area contributed by atoms with Crippen molar-refractivity contribution < 1.29 is 4.79 Å². The van der Waals surface area contributed by atoms with Gasteiger partial charge >= 0.3 is 0 Å². The van der Waals surface area contributed by atoms with E-state index in [0.717, 1.165) is 0 Å². The first-order valence-corrected chi connectivity index (χ1v) is 3.39. The maximum atomic E-state index is 11.0. The van der Waals surface area contributed by atoms with Gasteiger partial charge in [0.2, 0.25) is 5.91 Å². The van der Waals surface area contributed by atoms with Crippen molar-refractivity contribution in [1.82, 2.24) is 10.2 Å². The number of hydrogen-bond donors (Lipinski definition) is 1. The van der Waals surface area contributed by atoms with E-state index < -0.39 is 0 Å². The minimum atomic E-state index is 0.160. The Kier molecular flexibility index (Phi) is 2.06. The molecule has 1 saturated heterocycles. The molecule has 0 radical (unpaired) electrons. The number of amides is 1. The smallest absolute Gasteiger partial charge is 0.238 e. The Morgan fingerprint density at radius 1 is 2.00 bits per heavy atom. The molecule has 0 bridgehead atoms. The molecular weight excluding hydrogens is 128 g/mol. The van der Waals surface area contributed by atoms with Gasteiger partial charge in [-0.05, 0) is 6.92 Å². The maximum Gasteiger partial charge on any atom is 0.238 e. The first kappa shape index (κ1) is 7.28. The Morgan fingerprint density at radius 3 is 3.10 bits per heavy atom. The van der Waals surface area contributed by atoms with E-state index >= 15 is 0 Å². The Labute approximate surface area is 60.7 Å². The van der Waals surface area contributed by atoms with E-state index in [1.807, 2.05) is 6.92 Å². The minimum absolute atomic E-state index is 0.160. The summed E-state index contributed by atoms with van der Waals surface area (Å²) in [5.74, 6) is 0.160. The third-order valence-corrected chi connectivity index (χ3v) is 1.66. The van der Waals surface area contributed by atoms with Gasteiger partial charge in [0.1, 0.15) is 0 Å². The van der Waals surface area contributed by atoms with Crippen LogP contribution in [0.15, 0.2) is 12.7 Å². The van der Waals surface area contributed by atoms with Crippen molar-refractivity contribution in [3.8, 4) is 0 Å². The average molecular weight is 140 g/mol. The summed E-state index contributed by atoms with van der Waals surface area (Å²) in [6, 6.07) is 0. The Morgan fingerprint density at radius 2 is 2.70 bits per heavy atom. The van der Waals surface area contributed by atoms with Crippen molar-refractivity contribution in [1.29, 1.82) is 0 Å². The van der Waals surface area contributed by atoms with E-state index in [-0.39, 0.29) is 12.1 Å². The summed E-state index contributed by atoms with van der Waals surface area (Å²) in [4.78, 5) is 12.7. The second kappa shape index (κ2) is 2.84. The molecule has 1 N–H and O–H groups in total. The molecule has 3 nitrogen and oxygen atoms in total. The molecule has 1 heterocycles. The number of carbonyl (C=O) groups is 1. The summed E-state index contributed by atoms with van der Waals surface area (Å²) >= 11 is 0. The molecule has 1 fully saturated rings. The third-order valence-electron chi connectivity index (χ3n) is 1.66. The summed E-state index contributed by atoms with van der Waals surface area (Å²) in [6.45, 7) is 6.65. The molecule has 56 valence electrons. The molecule has 1 unspecified atom stereocenters. The Balaban J connectivity index is 2.53. The number of carbonyl (C=O) groups excluding carboxylic acids is 1. The van der Waals surface area contributed by atoms with Gasteiger partial charge in [0.15, 0.2) is 0 Å². The van der Waals surface area contributed by atoms with Gasteiger partial charge in [-0.25, -0.2) is 0 Å². The quantitative estimate of drug-likeness (QED) is 0.545. The van der Waals surface area contributed by atoms with E-state index in [1.54, 1.807) is 11.0 Å². The second-order valence-electron chi connectivity index (χ2n) is 2.39. The van der Waals surface area contributed by atoms with Crippen molar-refractivity contribution >= 4 is 5.91 Å². The van der Waals surface area contributed by atoms with Gasteiger partial charge < -0.3 is 4.90 Å². The predicted molar refractivity (Wildman–Crippen MR) is 39.4 cm³/mol. The zero-order valence-corrected chi connectivity index (χ0v) is 6.13. The van der Waals surface area contributed by atoms with Gasteiger partial charge in [0.25, 0.3) is 0 Å². The van der Waals surface area contributed by atoms with Crippen molar-refractivity contribution in [3.05, 3.63) is 12.7 Å². The molecule has 0 spiro atoms. The highest BCUT2D eigenvalue weighted by molar-refractivity contribution is 5.80. The van der Waals surface area contributed by atoms with E-state index in [9.17, 15) is 4.79 Å². The molecule has 0 saturated carbocycles. The van der Waals surface area contributed by atoms with Crippen molar-refractivity contribution in [2.24, 2.45) is 0 Å².